The van der Waals surface area contributed by atoms with Crippen LogP contribution >= 0.6 is 11.3 Å². The van der Waals surface area contributed by atoms with Crippen molar-refractivity contribution in [2.75, 3.05) is 4.90 Å². The van der Waals surface area contributed by atoms with Crippen LogP contribution in [-0.4, -0.2) is 4.57 Å². The minimum atomic E-state index is 0.285. The Balaban J connectivity index is 1.11. The summed E-state index contributed by atoms with van der Waals surface area (Å²) < 4.78 is 5.05. The molecule has 2 aliphatic carbocycles. The lowest BCUT2D eigenvalue weighted by Gasteiger charge is -2.26. The molecule has 0 aliphatic heterocycles. The highest BCUT2D eigenvalue weighted by Crippen LogP contribution is 2.42. The molecule has 0 radical (unpaired) electrons. The second-order valence-corrected chi connectivity index (χ2v) is 13.9. The molecule has 2 nitrogen and oxygen atoms in total. The maximum Gasteiger partial charge on any atom is 0.0547 e. The Bertz CT molecular complexity index is 2760. The van der Waals surface area contributed by atoms with E-state index in [4.69, 9.17) is 0 Å². The molecule has 0 saturated carbocycles. The summed E-state index contributed by atoms with van der Waals surface area (Å²) in [5.41, 5.74) is 10.7. The van der Waals surface area contributed by atoms with Crippen molar-refractivity contribution in [1.29, 1.82) is 0 Å². The SMILES string of the molecule is C1#CC2CC=C(n3c4ccccc4c4ccc(-c5cccc(N(c6ccccc6)c6ccc7c(c6)sc6ccccc67)c5)cc43)C=C2C=C1. The molecule has 2 heterocycles. The molecule has 6 aromatic carbocycles. The number of rotatable bonds is 5. The first kappa shape index (κ1) is 28.0. The Morgan fingerprint density at radius 1 is 0.592 bits per heavy atom. The molecule has 3 heteroatoms. The zero-order valence-electron chi connectivity index (χ0n) is 26.7. The zero-order valence-corrected chi connectivity index (χ0v) is 27.5. The molecule has 0 bridgehead atoms. The maximum absolute atomic E-state index is 3.38. The van der Waals surface area contributed by atoms with Crippen LogP contribution in [0.25, 0.3) is 58.8 Å². The number of anilines is 3. The fourth-order valence-corrected chi connectivity index (χ4v) is 8.72. The molecule has 8 aromatic rings. The van der Waals surface area contributed by atoms with Crippen molar-refractivity contribution >= 4 is 76.1 Å². The number of para-hydroxylation sites is 2. The van der Waals surface area contributed by atoms with Crippen molar-refractivity contribution in [1.82, 2.24) is 4.57 Å². The van der Waals surface area contributed by atoms with Crippen molar-refractivity contribution in [2.45, 2.75) is 6.42 Å². The van der Waals surface area contributed by atoms with Gasteiger partial charge in [0.25, 0.3) is 0 Å². The van der Waals surface area contributed by atoms with Gasteiger partial charge in [0.15, 0.2) is 0 Å². The number of benzene rings is 6. The predicted molar refractivity (Wildman–Crippen MR) is 210 cm³/mol. The quantitative estimate of drug-likeness (QED) is 0.170. The van der Waals surface area contributed by atoms with E-state index in [9.17, 15) is 0 Å². The average Bonchev–Trinajstić information content (AvgIpc) is 3.70. The minimum Gasteiger partial charge on any atom is -0.310 e. The monoisotopic (exact) mass is 642 g/mol. The van der Waals surface area contributed by atoms with Crippen molar-refractivity contribution in [3.8, 4) is 23.0 Å². The summed E-state index contributed by atoms with van der Waals surface area (Å²) in [5, 5.41) is 5.16. The molecule has 2 aliphatic rings. The third-order valence-corrected chi connectivity index (χ3v) is 11.0. The summed E-state index contributed by atoms with van der Waals surface area (Å²) in [6.07, 6.45) is 9.75. The standard InChI is InChI=1S/C46H30N2S/c1-2-14-35(15-3-1)47(38-24-26-42-41-18-7-9-20-45(41)49-46(42)30-38)36-16-10-13-33(28-36)34-22-25-40-39-17-6-8-19-43(39)48(44(40)29-34)37-23-21-31-11-4-5-12-32(31)27-37/h1-3,5-10,12-20,22-31H,21H2. The minimum absolute atomic E-state index is 0.285. The molecule has 49 heavy (non-hydrogen) atoms. The van der Waals surface area contributed by atoms with Crippen molar-refractivity contribution < 1.29 is 0 Å². The third kappa shape index (κ3) is 4.65. The highest BCUT2D eigenvalue weighted by atomic mass is 32.1. The molecule has 1 atom stereocenters. The van der Waals surface area contributed by atoms with Gasteiger partial charge in [0, 0.05) is 59.6 Å². The van der Waals surface area contributed by atoms with Gasteiger partial charge in [-0.2, -0.15) is 0 Å². The highest BCUT2D eigenvalue weighted by Gasteiger charge is 2.21. The largest absolute Gasteiger partial charge is 0.310 e. The van der Waals surface area contributed by atoms with Crippen LogP contribution in [0, 0.1) is 17.8 Å². The van der Waals surface area contributed by atoms with Gasteiger partial charge in [-0.1, -0.05) is 103 Å². The molecule has 0 N–H and O–H groups in total. The van der Waals surface area contributed by atoms with Crippen LogP contribution < -0.4 is 4.90 Å². The Morgan fingerprint density at radius 3 is 2.27 bits per heavy atom. The first-order chi connectivity index (χ1) is 24.3. The lowest BCUT2D eigenvalue weighted by molar-refractivity contribution is 0.807. The van der Waals surface area contributed by atoms with Gasteiger partial charge in [-0.3, -0.25) is 0 Å². The molecular weight excluding hydrogens is 613 g/mol. The highest BCUT2D eigenvalue weighted by molar-refractivity contribution is 7.25. The summed E-state index contributed by atoms with van der Waals surface area (Å²) in [6.45, 7) is 0. The molecule has 0 saturated heterocycles. The van der Waals surface area contributed by atoms with Crippen LogP contribution in [0.1, 0.15) is 6.42 Å². The second kappa shape index (κ2) is 11.3. The topological polar surface area (TPSA) is 8.17 Å². The van der Waals surface area contributed by atoms with E-state index in [1.54, 1.807) is 0 Å². The Morgan fingerprint density at radius 2 is 1.33 bits per heavy atom. The maximum atomic E-state index is 3.38. The van der Waals surface area contributed by atoms with Crippen LogP contribution in [0.5, 0.6) is 0 Å². The summed E-state index contributed by atoms with van der Waals surface area (Å²) >= 11 is 1.86. The van der Waals surface area contributed by atoms with E-state index >= 15 is 0 Å². The average molecular weight is 643 g/mol. The van der Waals surface area contributed by atoms with Gasteiger partial charge in [-0.25, -0.2) is 0 Å². The number of hydrogen-bond donors (Lipinski definition) is 0. The zero-order chi connectivity index (χ0) is 32.3. The van der Waals surface area contributed by atoms with Crippen LogP contribution in [0.2, 0.25) is 0 Å². The Labute approximate surface area is 289 Å². The van der Waals surface area contributed by atoms with Gasteiger partial charge in [-0.05, 0) is 95.9 Å². The predicted octanol–water partition coefficient (Wildman–Crippen LogP) is 12.7. The van der Waals surface area contributed by atoms with E-state index in [1.165, 1.54) is 64.4 Å². The van der Waals surface area contributed by atoms with Gasteiger partial charge < -0.3 is 9.47 Å². The second-order valence-electron chi connectivity index (χ2n) is 12.8. The molecule has 1 unspecified atom stereocenters. The van der Waals surface area contributed by atoms with Gasteiger partial charge in [-0.15, -0.1) is 11.3 Å². The smallest absolute Gasteiger partial charge is 0.0547 e. The first-order valence-corrected chi connectivity index (χ1v) is 17.6. The number of allylic oxidation sites excluding steroid dienone is 6. The van der Waals surface area contributed by atoms with Gasteiger partial charge in [0.05, 0.1) is 11.0 Å². The number of fused-ring (bicyclic) bond motifs is 7. The summed E-state index contributed by atoms with van der Waals surface area (Å²) in [5.74, 6) is 6.82. The van der Waals surface area contributed by atoms with Crippen LogP contribution in [0.4, 0.5) is 17.1 Å². The van der Waals surface area contributed by atoms with Crippen LogP contribution in [0.3, 0.4) is 0 Å². The molecule has 230 valence electrons. The number of aromatic nitrogens is 1. The van der Waals surface area contributed by atoms with Gasteiger partial charge in [0.1, 0.15) is 0 Å². The van der Waals surface area contributed by atoms with Crippen LogP contribution in [0.15, 0.2) is 169 Å². The summed E-state index contributed by atoms with van der Waals surface area (Å²) in [4.78, 5) is 2.37. The Hall–Kier alpha value is -6.08. The lowest BCUT2D eigenvalue weighted by Crippen LogP contribution is -2.09. The van der Waals surface area contributed by atoms with E-state index < -0.39 is 0 Å². The first-order valence-electron chi connectivity index (χ1n) is 16.8. The number of thiophene rings is 1. The summed E-state index contributed by atoms with van der Waals surface area (Å²) in [6, 6.07) is 50.9. The third-order valence-electron chi connectivity index (χ3n) is 9.90. The van der Waals surface area contributed by atoms with E-state index in [1.807, 2.05) is 17.4 Å². The molecule has 0 spiro atoms. The van der Waals surface area contributed by atoms with Gasteiger partial charge in [0.2, 0.25) is 0 Å². The summed E-state index contributed by atoms with van der Waals surface area (Å²) in [7, 11) is 0. The van der Waals surface area contributed by atoms with E-state index in [0.29, 0.717) is 0 Å². The normalized spacial score (nSPS) is 15.2. The number of nitrogens with zero attached hydrogens (tertiary/aromatic N) is 2. The molecular formula is C46H30N2S. The van der Waals surface area contributed by atoms with Crippen molar-refractivity contribution in [3.63, 3.8) is 0 Å². The lowest BCUT2D eigenvalue weighted by atomic mass is 9.88. The van der Waals surface area contributed by atoms with E-state index in [0.717, 1.165) is 23.5 Å². The molecule has 0 amide bonds. The molecule has 2 aromatic heterocycles. The number of hydrogen-bond acceptors (Lipinski definition) is 2. The fourth-order valence-electron chi connectivity index (χ4n) is 7.58. The van der Waals surface area contributed by atoms with Crippen LogP contribution in [-0.2, 0) is 0 Å². The van der Waals surface area contributed by atoms with E-state index in [-0.39, 0.29) is 5.92 Å². The van der Waals surface area contributed by atoms with Crippen molar-refractivity contribution in [3.05, 3.63) is 169 Å². The molecule has 10 rings (SSSR count). The van der Waals surface area contributed by atoms with Crippen molar-refractivity contribution in [2.24, 2.45) is 5.92 Å². The fraction of sp³-hybridized carbons (Fsp3) is 0.0435. The Kier molecular flexibility index (Phi) is 6.44. The van der Waals surface area contributed by atoms with E-state index in [2.05, 4.69) is 179 Å². The molecule has 0 fully saturated rings. The van der Waals surface area contributed by atoms with Gasteiger partial charge >= 0.3 is 0 Å².